The first kappa shape index (κ1) is 16.3. The SMILES string of the molecule is O=C(CN1C(=O)NC2(CCCC2)C1=O)NCCOc1ccccc1. The van der Waals surface area contributed by atoms with Crippen LogP contribution in [0.1, 0.15) is 25.7 Å². The maximum Gasteiger partial charge on any atom is 0.325 e. The van der Waals surface area contributed by atoms with E-state index >= 15 is 0 Å². The van der Waals surface area contributed by atoms with Crippen molar-refractivity contribution in [2.75, 3.05) is 19.7 Å². The number of nitrogens with zero attached hydrogens (tertiary/aromatic N) is 1. The van der Waals surface area contributed by atoms with Gasteiger partial charge < -0.3 is 15.4 Å². The lowest BCUT2D eigenvalue weighted by Crippen LogP contribution is -2.45. The summed E-state index contributed by atoms with van der Waals surface area (Å²) in [6, 6.07) is 8.81. The van der Waals surface area contributed by atoms with Crippen molar-refractivity contribution < 1.29 is 19.1 Å². The van der Waals surface area contributed by atoms with E-state index in [1.807, 2.05) is 30.3 Å². The van der Waals surface area contributed by atoms with Gasteiger partial charge in [-0.25, -0.2) is 4.79 Å². The second-order valence-corrected chi connectivity index (χ2v) is 6.12. The molecule has 2 fully saturated rings. The number of hydrogen-bond acceptors (Lipinski definition) is 4. The number of para-hydroxylation sites is 1. The molecule has 24 heavy (non-hydrogen) atoms. The summed E-state index contributed by atoms with van der Waals surface area (Å²) >= 11 is 0. The highest BCUT2D eigenvalue weighted by Crippen LogP contribution is 2.34. The highest BCUT2D eigenvalue weighted by Gasteiger charge is 2.52. The summed E-state index contributed by atoms with van der Waals surface area (Å²) in [5.41, 5.74) is -0.770. The molecule has 7 heteroatoms. The quantitative estimate of drug-likeness (QED) is 0.602. The maximum absolute atomic E-state index is 12.4. The first-order valence-electron chi connectivity index (χ1n) is 8.19. The number of nitrogens with one attached hydrogen (secondary N) is 2. The number of benzene rings is 1. The van der Waals surface area contributed by atoms with Crippen LogP contribution in [-0.4, -0.2) is 48.0 Å². The number of hydrogen-bond donors (Lipinski definition) is 2. The molecule has 1 aliphatic carbocycles. The molecule has 1 aromatic rings. The Morgan fingerprint density at radius 2 is 1.92 bits per heavy atom. The third-order valence-electron chi connectivity index (χ3n) is 4.44. The first-order chi connectivity index (χ1) is 11.6. The van der Waals surface area contributed by atoms with Crippen LogP contribution in [0.3, 0.4) is 0 Å². The normalized spacial score (nSPS) is 18.8. The molecule has 0 aromatic heterocycles. The Labute approximate surface area is 140 Å². The molecule has 1 aliphatic heterocycles. The molecular formula is C17H21N3O4. The molecule has 1 spiro atoms. The second-order valence-electron chi connectivity index (χ2n) is 6.12. The number of rotatable bonds is 6. The Kier molecular flexibility index (Phi) is 4.69. The van der Waals surface area contributed by atoms with Gasteiger partial charge in [-0.15, -0.1) is 0 Å². The maximum atomic E-state index is 12.4. The highest BCUT2D eigenvalue weighted by atomic mass is 16.5. The van der Waals surface area contributed by atoms with E-state index in [4.69, 9.17) is 4.74 Å². The molecular weight excluding hydrogens is 310 g/mol. The fraction of sp³-hybridized carbons (Fsp3) is 0.471. The number of imide groups is 1. The van der Waals surface area contributed by atoms with Crippen molar-refractivity contribution in [2.24, 2.45) is 0 Å². The smallest absolute Gasteiger partial charge is 0.325 e. The van der Waals surface area contributed by atoms with Gasteiger partial charge in [0.1, 0.15) is 24.4 Å². The minimum atomic E-state index is -0.770. The molecule has 7 nitrogen and oxygen atoms in total. The zero-order chi connectivity index (χ0) is 17.0. The van der Waals surface area contributed by atoms with Gasteiger partial charge in [0.25, 0.3) is 5.91 Å². The minimum Gasteiger partial charge on any atom is -0.492 e. The van der Waals surface area contributed by atoms with Gasteiger partial charge in [-0.05, 0) is 25.0 Å². The summed E-state index contributed by atoms with van der Waals surface area (Å²) in [5.74, 6) is 0.0786. The van der Waals surface area contributed by atoms with Crippen molar-refractivity contribution in [3.8, 4) is 5.75 Å². The predicted molar refractivity (Wildman–Crippen MR) is 86.4 cm³/mol. The van der Waals surface area contributed by atoms with Gasteiger partial charge in [0.05, 0.1) is 6.54 Å². The Balaban J connectivity index is 1.43. The van der Waals surface area contributed by atoms with E-state index in [-0.39, 0.29) is 18.4 Å². The largest absolute Gasteiger partial charge is 0.492 e. The predicted octanol–water partition coefficient (Wildman–Crippen LogP) is 1.05. The van der Waals surface area contributed by atoms with Crippen molar-refractivity contribution >= 4 is 17.8 Å². The summed E-state index contributed by atoms with van der Waals surface area (Å²) in [6.45, 7) is 0.375. The third kappa shape index (κ3) is 3.34. The van der Waals surface area contributed by atoms with E-state index in [1.54, 1.807) is 0 Å². The standard InChI is InChI=1S/C17H21N3O4/c21-14(18-10-11-24-13-6-2-1-3-7-13)12-20-15(22)17(19-16(20)23)8-4-5-9-17/h1-3,6-7H,4-5,8-12H2,(H,18,21)(H,19,23). The van der Waals surface area contributed by atoms with E-state index in [2.05, 4.69) is 10.6 Å². The molecule has 4 amide bonds. The fourth-order valence-corrected chi connectivity index (χ4v) is 3.21. The number of carbonyl (C=O) groups excluding carboxylic acids is 3. The van der Waals surface area contributed by atoms with Gasteiger partial charge in [-0.1, -0.05) is 31.0 Å². The second kappa shape index (κ2) is 6.90. The van der Waals surface area contributed by atoms with Gasteiger partial charge in [0, 0.05) is 0 Å². The van der Waals surface area contributed by atoms with Gasteiger partial charge in [-0.3, -0.25) is 14.5 Å². The van der Waals surface area contributed by atoms with Crippen LogP contribution in [0.4, 0.5) is 4.79 Å². The Morgan fingerprint density at radius 1 is 1.21 bits per heavy atom. The van der Waals surface area contributed by atoms with E-state index in [0.717, 1.165) is 23.5 Å². The summed E-state index contributed by atoms with van der Waals surface area (Å²) in [5, 5.41) is 5.42. The lowest BCUT2D eigenvalue weighted by molar-refractivity contribution is -0.134. The van der Waals surface area contributed by atoms with Crippen LogP contribution >= 0.6 is 0 Å². The van der Waals surface area contributed by atoms with Crippen molar-refractivity contribution in [1.82, 2.24) is 15.5 Å². The van der Waals surface area contributed by atoms with Crippen molar-refractivity contribution in [3.63, 3.8) is 0 Å². The van der Waals surface area contributed by atoms with Crippen LogP contribution in [0.5, 0.6) is 5.75 Å². The molecule has 0 atom stereocenters. The lowest BCUT2D eigenvalue weighted by atomic mass is 9.98. The molecule has 0 bridgehead atoms. The van der Waals surface area contributed by atoms with Crippen LogP contribution in [0.2, 0.25) is 0 Å². The lowest BCUT2D eigenvalue weighted by Gasteiger charge is -2.19. The molecule has 2 N–H and O–H groups in total. The monoisotopic (exact) mass is 331 g/mol. The fourth-order valence-electron chi connectivity index (χ4n) is 3.21. The first-order valence-corrected chi connectivity index (χ1v) is 8.19. The van der Waals surface area contributed by atoms with Crippen molar-refractivity contribution in [1.29, 1.82) is 0 Å². The van der Waals surface area contributed by atoms with Crippen LogP contribution in [0.25, 0.3) is 0 Å². The average molecular weight is 331 g/mol. The summed E-state index contributed by atoms with van der Waals surface area (Å²) in [4.78, 5) is 37.4. The molecule has 0 radical (unpaired) electrons. The third-order valence-corrected chi connectivity index (χ3v) is 4.44. The zero-order valence-corrected chi connectivity index (χ0v) is 13.4. The minimum absolute atomic E-state index is 0.252. The van der Waals surface area contributed by atoms with Crippen LogP contribution in [0, 0.1) is 0 Å². The van der Waals surface area contributed by atoms with Crippen LogP contribution in [0.15, 0.2) is 30.3 Å². The molecule has 128 valence electrons. The number of urea groups is 1. The number of carbonyl (C=O) groups is 3. The molecule has 1 saturated carbocycles. The average Bonchev–Trinajstić information content (AvgIpc) is 3.14. The molecule has 3 rings (SSSR count). The molecule has 1 saturated heterocycles. The Morgan fingerprint density at radius 3 is 2.62 bits per heavy atom. The highest BCUT2D eigenvalue weighted by molar-refractivity contribution is 6.09. The van der Waals surface area contributed by atoms with E-state index in [9.17, 15) is 14.4 Å². The van der Waals surface area contributed by atoms with Gasteiger partial charge >= 0.3 is 6.03 Å². The van der Waals surface area contributed by atoms with Crippen molar-refractivity contribution in [2.45, 2.75) is 31.2 Å². The number of ether oxygens (including phenoxy) is 1. The molecule has 2 aliphatic rings. The van der Waals surface area contributed by atoms with E-state index in [1.165, 1.54) is 0 Å². The van der Waals surface area contributed by atoms with Crippen LogP contribution < -0.4 is 15.4 Å². The van der Waals surface area contributed by atoms with E-state index < -0.39 is 11.6 Å². The topological polar surface area (TPSA) is 87.7 Å². The van der Waals surface area contributed by atoms with Crippen LogP contribution in [-0.2, 0) is 9.59 Å². The molecule has 0 unspecified atom stereocenters. The van der Waals surface area contributed by atoms with Gasteiger partial charge in [0.2, 0.25) is 5.91 Å². The summed E-state index contributed by atoms with van der Waals surface area (Å²) < 4.78 is 5.47. The molecule has 1 heterocycles. The Bertz CT molecular complexity index is 626. The van der Waals surface area contributed by atoms with Gasteiger partial charge in [0.15, 0.2) is 0 Å². The summed E-state index contributed by atoms with van der Waals surface area (Å²) in [6.07, 6.45) is 3.15. The Hall–Kier alpha value is -2.57. The van der Waals surface area contributed by atoms with Crippen molar-refractivity contribution in [3.05, 3.63) is 30.3 Å². The molecule has 1 aromatic carbocycles. The van der Waals surface area contributed by atoms with Gasteiger partial charge in [-0.2, -0.15) is 0 Å². The summed E-state index contributed by atoms with van der Waals surface area (Å²) in [7, 11) is 0. The van der Waals surface area contributed by atoms with E-state index in [0.29, 0.717) is 26.0 Å². The zero-order valence-electron chi connectivity index (χ0n) is 13.4. The number of amides is 4.